The zero-order valence-corrected chi connectivity index (χ0v) is 26.0. The zero-order valence-electron chi connectivity index (χ0n) is 25.3. The van der Waals surface area contributed by atoms with E-state index >= 15 is 0 Å². The van der Waals surface area contributed by atoms with Crippen LogP contribution in [0, 0.1) is 12.8 Å². The van der Waals surface area contributed by atoms with Crippen LogP contribution in [0.25, 0.3) is 11.2 Å². The minimum Gasteiger partial charge on any atom is -0.381 e. The molecule has 13 heteroatoms. The highest BCUT2D eigenvalue weighted by molar-refractivity contribution is 6.28. The summed E-state index contributed by atoms with van der Waals surface area (Å²) in [7, 11) is 1.85. The molecule has 6 rings (SSSR count). The van der Waals surface area contributed by atoms with Gasteiger partial charge in [-0.1, -0.05) is 26.0 Å². The second kappa shape index (κ2) is 13.6. The molecule has 0 N–H and O–H groups in total. The van der Waals surface area contributed by atoms with E-state index < -0.39 is 23.7 Å². The first-order valence-electron chi connectivity index (χ1n) is 14.8. The van der Waals surface area contributed by atoms with Gasteiger partial charge in [-0.05, 0) is 61.9 Å². The molecule has 2 atom stereocenters. The summed E-state index contributed by atoms with van der Waals surface area (Å²) < 4.78 is 73.7. The number of hydrogen-bond acceptors (Lipinski definition) is 6. The summed E-state index contributed by atoms with van der Waals surface area (Å²) in [5, 5.41) is 0.106. The second-order valence-corrected chi connectivity index (χ2v) is 11.5. The van der Waals surface area contributed by atoms with Gasteiger partial charge < -0.3 is 14.2 Å². The van der Waals surface area contributed by atoms with Gasteiger partial charge in [0, 0.05) is 64.8 Å². The Labute approximate surface area is 254 Å². The molecule has 0 radical (unpaired) electrons. The van der Waals surface area contributed by atoms with Gasteiger partial charge in [-0.25, -0.2) is 13.8 Å². The van der Waals surface area contributed by atoms with Crippen molar-refractivity contribution in [1.82, 2.24) is 24.4 Å². The number of ether oxygens (including phenoxy) is 1. The number of anilines is 1. The Kier molecular flexibility index (Phi) is 10.5. The van der Waals surface area contributed by atoms with Crippen LogP contribution in [-0.4, -0.2) is 69.2 Å². The average Bonchev–Trinajstić information content (AvgIpc) is 3.62. The van der Waals surface area contributed by atoms with Crippen LogP contribution in [-0.2, 0) is 18.0 Å². The zero-order chi connectivity index (χ0) is 31.5. The molecule has 2 aliphatic heterocycles. The molecule has 1 aromatic carbocycles. The molecule has 0 spiro atoms. The maximum absolute atomic E-state index is 13.8. The standard InChI is InChI=1S/C24H26ClF5N6.C4H8O.C2H6/c1-13-12-35(8-9-36(13)21-18-20(32-22(25)33-21)34(3)14(2)31-18)19(16-10-23(26,27)11-16)15-4-6-17(7-5-15)24(28,29)30;1-2-4-5-3-1;1-2/h4-7,13,16,19H,8-12H2,1-3H3;1-4H2;1-2H3. The summed E-state index contributed by atoms with van der Waals surface area (Å²) in [6.45, 7) is 11.4. The summed E-state index contributed by atoms with van der Waals surface area (Å²) in [6.07, 6.45) is -2.45. The molecule has 43 heavy (non-hydrogen) atoms. The molecule has 1 saturated carbocycles. The van der Waals surface area contributed by atoms with E-state index in [9.17, 15) is 22.0 Å². The molecule has 1 aliphatic carbocycles. The SMILES string of the molecule is C1CCOC1.CC.Cc1nc2c(N3CCN(C(c4ccc(C(F)(F)F)cc4)C4CC(F)(F)C4)CC3C)nc(Cl)nc2n1C. The minimum atomic E-state index is -4.45. The Bertz CT molecular complexity index is 1350. The average molecular weight is 631 g/mol. The maximum atomic E-state index is 13.8. The third-order valence-electron chi connectivity index (χ3n) is 8.20. The number of piperazine rings is 1. The van der Waals surface area contributed by atoms with Gasteiger partial charge >= 0.3 is 6.18 Å². The van der Waals surface area contributed by atoms with Gasteiger partial charge in [0.1, 0.15) is 5.82 Å². The van der Waals surface area contributed by atoms with E-state index in [4.69, 9.17) is 16.3 Å². The second-order valence-electron chi connectivity index (χ2n) is 11.2. The molecule has 3 aliphatic rings. The Balaban J connectivity index is 0.000000540. The largest absolute Gasteiger partial charge is 0.416 e. The lowest BCUT2D eigenvalue weighted by Crippen LogP contribution is -2.56. The number of imidazole rings is 1. The highest BCUT2D eigenvalue weighted by Gasteiger charge is 2.50. The quantitative estimate of drug-likeness (QED) is 0.220. The van der Waals surface area contributed by atoms with Crippen LogP contribution in [0.15, 0.2) is 24.3 Å². The van der Waals surface area contributed by atoms with Crippen molar-refractivity contribution in [3.63, 3.8) is 0 Å². The molecule has 7 nitrogen and oxygen atoms in total. The van der Waals surface area contributed by atoms with Crippen LogP contribution in [0.5, 0.6) is 0 Å². The van der Waals surface area contributed by atoms with E-state index in [0.29, 0.717) is 42.2 Å². The molecule has 0 amide bonds. The van der Waals surface area contributed by atoms with E-state index in [1.165, 1.54) is 25.0 Å². The highest BCUT2D eigenvalue weighted by atomic mass is 35.5. The van der Waals surface area contributed by atoms with Crippen LogP contribution in [0.1, 0.15) is 69.4 Å². The van der Waals surface area contributed by atoms with Crippen LogP contribution >= 0.6 is 11.6 Å². The van der Waals surface area contributed by atoms with Gasteiger partial charge in [0.25, 0.3) is 0 Å². The van der Waals surface area contributed by atoms with Gasteiger partial charge in [-0.3, -0.25) is 4.90 Å². The lowest BCUT2D eigenvalue weighted by atomic mass is 9.73. The summed E-state index contributed by atoms with van der Waals surface area (Å²) in [4.78, 5) is 17.6. The topological polar surface area (TPSA) is 59.3 Å². The van der Waals surface area contributed by atoms with Crippen molar-refractivity contribution in [2.24, 2.45) is 13.0 Å². The number of aromatic nitrogens is 4. The summed E-state index contributed by atoms with van der Waals surface area (Å²) in [5.74, 6) is -1.69. The first kappa shape index (κ1) is 33.3. The van der Waals surface area contributed by atoms with Crippen molar-refractivity contribution >= 4 is 28.6 Å². The Morgan fingerprint density at radius 3 is 2.14 bits per heavy atom. The van der Waals surface area contributed by atoms with Gasteiger partial charge in [0.15, 0.2) is 17.0 Å². The normalized spacial score (nSPS) is 21.5. The minimum absolute atomic E-state index is 0.0761. The molecule has 2 unspecified atom stereocenters. The van der Waals surface area contributed by atoms with E-state index in [-0.39, 0.29) is 30.1 Å². The smallest absolute Gasteiger partial charge is 0.381 e. The van der Waals surface area contributed by atoms with Crippen LogP contribution in [0.3, 0.4) is 0 Å². The van der Waals surface area contributed by atoms with Crippen molar-refractivity contribution in [2.75, 3.05) is 37.7 Å². The maximum Gasteiger partial charge on any atom is 0.416 e. The lowest BCUT2D eigenvalue weighted by Gasteiger charge is -2.49. The number of aryl methyl sites for hydroxylation is 2. The predicted molar refractivity (Wildman–Crippen MR) is 158 cm³/mol. The highest BCUT2D eigenvalue weighted by Crippen LogP contribution is 2.51. The predicted octanol–water partition coefficient (Wildman–Crippen LogP) is 7.46. The van der Waals surface area contributed by atoms with E-state index in [1.54, 1.807) is 0 Å². The molecule has 0 bridgehead atoms. The first-order valence-corrected chi connectivity index (χ1v) is 15.2. The molecular formula is C30H40ClF5N6O. The molecule has 4 heterocycles. The first-order chi connectivity index (χ1) is 20.3. The fraction of sp³-hybridized carbons (Fsp3) is 0.633. The number of benzene rings is 1. The third kappa shape index (κ3) is 7.57. The Morgan fingerprint density at radius 2 is 1.63 bits per heavy atom. The Hall–Kier alpha value is -2.57. The summed E-state index contributed by atoms with van der Waals surface area (Å²) in [6, 6.07) is 4.43. The van der Waals surface area contributed by atoms with Crippen molar-refractivity contribution in [3.05, 3.63) is 46.5 Å². The van der Waals surface area contributed by atoms with Crippen LogP contribution in [0.4, 0.5) is 27.8 Å². The van der Waals surface area contributed by atoms with E-state index in [2.05, 4.69) is 24.8 Å². The van der Waals surface area contributed by atoms with Crippen LogP contribution < -0.4 is 4.90 Å². The van der Waals surface area contributed by atoms with E-state index in [0.717, 1.165) is 31.2 Å². The number of alkyl halides is 5. The third-order valence-corrected chi connectivity index (χ3v) is 8.37. The lowest BCUT2D eigenvalue weighted by molar-refractivity contribution is -0.137. The van der Waals surface area contributed by atoms with Gasteiger partial charge in [0.05, 0.1) is 5.56 Å². The molecular weight excluding hydrogens is 591 g/mol. The molecule has 3 fully saturated rings. The van der Waals surface area contributed by atoms with E-state index in [1.807, 2.05) is 39.3 Å². The number of halogens is 6. The van der Waals surface area contributed by atoms with Crippen LogP contribution in [0.2, 0.25) is 5.28 Å². The van der Waals surface area contributed by atoms with Crippen molar-refractivity contribution in [1.29, 1.82) is 0 Å². The molecule has 2 saturated heterocycles. The summed E-state index contributed by atoms with van der Waals surface area (Å²) in [5.41, 5.74) is 1.13. The van der Waals surface area contributed by atoms with Crippen molar-refractivity contribution in [3.8, 4) is 0 Å². The monoisotopic (exact) mass is 630 g/mol. The number of nitrogens with zero attached hydrogens (tertiary/aromatic N) is 6. The van der Waals surface area contributed by atoms with Crippen molar-refractivity contribution in [2.45, 2.75) is 77.6 Å². The number of fused-ring (bicyclic) bond motifs is 1. The van der Waals surface area contributed by atoms with Crippen molar-refractivity contribution < 1.29 is 26.7 Å². The fourth-order valence-electron chi connectivity index (χ4n) is 5.97. The molecule has 3 aromatic rings. The van der Waals surface area contributed by atoms with Gasteiger partial charge in [-0.2, -0.15) is 23.1 Å². The number of rotatable bonds is 4. The van der Waals surface area contributed by atoms with Gasteiger partial charge in [0.2, 0.25) is 11.2 Å². The number of hydrogen-bond donors (Lipinski definition) is 0. The Morgan fingerprint density at radius 1 is 1.00 bits per heavy atom. The van der Waals surface area contributed by atoms with Gasteiger partial charge in [-0.15, -0.1) is 0 Å². The molecule has 2 aromatic heterocycles. The fourth-order valence-corrected chi connectivity index (χ4v) is 6.13. The molecule has 238 valence electrons. The summed E-state index contributed by atoms with van der Waals surface area (Å²) >= 11 is 6.22.